The Morgan fingerprint density at radius 1 is 1.75 bits per heavy atom. The highest BCUT2D eigenvalue weighted by atomic mass is 16.5. The van der Waals surface area contributed by atoms with E-state index in [1.165, 1.54) is 12.3 Å². The highest BCUT2D eigenvalue weighted by Gasteiger charge is 2.09. The summed E-state index contributed by atoms with van der Waals surface area (Å²) in [6.45, 7) is 5.22. The Kier molecular flexibility index (Phi) is 2.69. The van der Waals surface area contributed by atoms with Crippen molar-refractivity contribution in [2.75, 3.05) is 0 Å². The Labute approximate surface area is 70.6 Å². The lowest BCUT2D eigenvalue weighted by atomic mass is 10.4. The van der Waals surface area contributed by atoms with Crippen LogP contribution in [0.4, 0.5) is 0 Å². The summed E-state index contributed by atoms with van der Waals surface area (Å²) in [6, 6.07) is 3.15. The van der Waals surface area contributed by atoms with Crippen LogP contribution in [-0.2, 0) is 4.74 Å². The molecule has 3 nitrogen and oxygen atoms in total. The van der Waals surface area contributed by atoms with Gasteiger partial charge in [0.25, 0.3) is 0 Å². The lowest BCUT2D eigenvalue weighted by molar-refractivity contribution is 0.0600. The van der Waals surface area contributed by atoms with Gasteiger partial charge in [-0.15, -0.1) is 0 Å². The largest absolute Gasteiger partial charge is 0.457 e. The molecule has 0 unspecified atom stereocenters. The van der Waals surface area contributed by atoms with E-state index in [2.05, 4.69) is 6.92 Å². The van der Waals surface area contributed by atoms with Gasteiger partial charge in [-0.3, -0.25) is 0 Å². The number of rotatable bonds is 2. The summed E-state index contributed by atoms with van der Waals surface area (Å²) in [5.41, 5.74) is 0. The monoisotopic (exact) mass is 165 g/mol. The van der Waals surface area contributed by atoms with Gasteiger partial charge in [0.1, 0.15) is 5.76 Å². The maximum atomic E-state index is 11.1. The number of esters is 1. The van der Waals surface area contributed by atoms with E-state index in [-0.39, 0.29) is 5.76 Å². The molecule has 1 radical (unpaired) electrons. The van der Waals surface area contributed by atoms with Crippen LogP contribution in [0.3, 0.4) is 0 Å². The molecular formula is C9H9O3. The van der Waals surface area contributed by atoms with Crippen LogP contribution in [0, 0.1) is 6.92 Å². The van der Waals surface area contributed by atoms with Gasteiger partial charge in [0, 0.05) is 6.92 Å². The first-order valence-electron chi connectivity index (χ1n) is 3.48. The lowest BCUT2D eigenvalue weighted by Gasteiger charge is -1.99. The van der Waals surface area contributed by atoms with Crippen molar-refractivity contribution < 1.29 is 13.9 Å². The van der Waals surface area contributed by atoms with Gasteiger partial charge in [-0.25, -0.2) is 4.79 Å². The summed E-state index contributed by atoms with van der Waals surface area (Å²) in [7, 11) is 0. The van der Waals surface area contributed by atoms with Gasteiger partial charge in [0.2, 0.25) is 5.76 Å². The average Bonchev–Trinajstić information content (AvgIpc) is 2.56. The highest BCUT2D eigenvalue weighted by molar-refractivity contribution is 5.86. The van der Waals surface area contributed by atoms with Gasteiger partial charge < -0.3 is 9.15 Å². The first kappa shape index (κ1) is 8.59. The molecule has 0 aliphatic heterocycles. The van der Waals surface area contributed by atoms with Crippen molar-refractivity contribution in [1.29, 1.82) is 0 Å². The fourth-order valence-corrected chi connectivity index (χ4v) is 0.623. The van der Waals surface area contributed by atoms with Gasteiger partial charge in [0.15, 0.2) is 0 Å². The first-order valence-corrected chi connectivity index (χ1v) is 3.48. The molecular weight excluding hydrogens is 156 g/mol. The van der Waals surface area contributed by atoms with E-state index in [0.717, 1.165) is 0 Å². The molecule has 3 heteroatoms. The molecule has 0 bridgehead atoms. The van der Waals surface area contributed by atoms with Crippen LogP contribution in [0.2, 0.25) is 0 Å². The molecule has 0 atom stereocenters. The van der Waals surface area contributed by atoms with Gasteiger partial charge >= 0.3 is 5.97 Å². The van der Waals surface area contributed by atoms with E-state index < -0.39 is 5.97 Å². The van der Waals surface area contributed by atoms with Crippen LogP contribution in [0.1, 0.15) is 17.5 Å². The number of allylic oxidation sites excluding steroid dienone is 2. The van der Waals surface area contributed by atoms with Gasteiger partial charge in [-0.1, -0.05) is 0 Å². The van der Waals surface area contributed by atoms with Crippen molar-refractivity contribution in [3.8, 4) is 0 Å². The zero-order valence-corrected chi connectivity index (χ0v) is 6.74. The predicted molar refractivity (Wildman–Crippen MR) is 43.2 cm³/mol. The van der Waals surface area contributed by atoms with Crippen molar-refractivity contribution in [2.45, 2.75) is 6.92 Å². The van der Waals surface area contributed by atoms with Crippen molar-refractivity contribution in [1.82, 2.24) is 0 Å². The quantitative estimate of drug-likeness (QED) is 0.498. The normalized spacial score (nSPS) is 11.3. The summed E-state index contributed by atoms with van der Waals surface area (Å²) >= 11 is 0. The van der Waals surface area contributed by atoms with E-state index in [4.69, 9.17) is 9.15 Å². The molecule has 0 spiro atoms. The minimum Gasteiger partial charge on any atom is -0.457 e. The maximum absolute atomic E-state index is 11.1. The fourth-order valence-electron chi connectivity index (χ4n) is 0.623. The minimum absolute atomic E-state index is 0.179. The minimum atomic E-state index is -0.525. The smallest absolute Gasteiger partial charge is 0.379 e. The van der Waals surface area contributed by atoms with Gasteiger partial charge in [-0.2, -0.15) is 0 Å². The lowest BCUT2D eigenvalue weighted by Crippen LogP contribution is -2.01. The molecule has 0 aromatic carbocycles. The molecule has 63 valence electrons. The van der Waals surface area contributed by atoms with Crippen molar-refractivity contribution in [2.24, 2.45) is 0 Å². The van der Waals surface area contributed by atoms with E-state index in [1.54, 1.807) is 19.1 Å². The second-order valence-electron chi connectivity index (χ2n) is 2.12. The number of furan rings is 1. The number of hydrogen-bond acceptors (Lipinski definition) is 3. The van der Waals surface area contributed by atoms with Crippen molar-refractivity contribution >= 4 is 5.97 Å². The van der Waals surface area contributed by atoms with E-state index in [0.29, 0.717) is 5.76 Å². The molecule has 1 aromatic rings. The van der Waals surface area contributed by atoms with Crippen LogP contribution in [0.15, 0.2) is 34.6 Å². The Morgan fingerprint density at radius 3 is 3.00 bits per heavy atom. The van der Waals surface area contributed by atoms with Gasteiger partial charge in [-0.05, 0) is 25.1 Å². The molecule has 0 saturated carbocycles. The molecule has 1 heterocycles. The summed E-state index contributed by atoms with van der Waals surface area (Å²) in [5, 5.41) is 0. The van der Waals surface area contributed by atoms with Crippen molar-refractivity contribution in [3.05, 3.63) is 42.9 Å². The number of carbonyl (C=O) groups is 1. The number of carbonyl (C=O) groups excluding carboxylic acids is 1. The van der Waals surface area contributed by atoms with Crippen molar-refractivity contribution in [3.63, 3.8) is 0 Å². The molecule has 1 rings (SSSR count). The third kappa shape index (κ3) is 1.99. The third-order valence-corrected chi connectivity index (χ3v) is 1.27. The second kappa shape index (κ2) is 3.76. The topological polar surface area (TPSA) is 39.4 Å². The molecule has 1 aromatic heterocycles. The van der Waals surface area contributed by atoms with Crippen LogP contribution >= 0.6 is 0 Å². The zero-order chi connectivity index (χ0) is 8.97. The number of hydrogen-bond donors (Lipinski definition) is 0. The molecule has 0 fully saturated rings. The summed E-state index contributed by atoms with van der Waals surface area (Å²) in [6.07, 6.45) is 3.01. The van der Waals surface area contributed by atoms with E-state index in [9.17, 15) is 4.79 Å². The molecule has 0 aliphatic carbocycles. The Balaban J connectivity index is 2.62. The van der Waals surface area contributed by atoms with E-state index in [1.807, 2.05) is 0 Å². The summed E-state index contributed by atoms with van der Waals surface area (Å²) in [4.78, 5) is 11.1. The Bertz CT molecular complexity index is 283. The highest BCUT2D eigenvalue weighted by Crippen LogP contribution is 2.05. The zero-order valence-electron chi connectivity index (χ0n) is 6.74. The van der Waals surface area contributed by atoms with E-state index >= 15 is 0 Å². The summed E-state index contributed by atoms with van der Waals surface area (Å²) in [5.74, 6) is -0.0301. The standard InChI is InChI=1S/C9H9O3/c1-3-7(2)12-9(10)8-5-4-6-11-8/h3-6H,2H2,1H3. The average molecular weight is 165 g/mol. The van der Waals surface area contributed by atoms with Crippen LogP contribution in [0.25, 0.3) is 0 Å². The van der Waals surface area contributed by atoms with Crippen LogP contribution in [-0.4, -0.2) is 5.97 Å². The molecule has 0 saturated heterocycles. The third-order valence-electron chi connectivity index (χ3n) is 1.27. The van der Waals surface area contributed by atoms with Crippen LogP contribution < -0.4 is 0 Å². The van der Waals surface area contributed by atoms with Gasteiger partial charge in [0.05, 0.1) is 6.26 Å². The second-order valence-corrected chi connectivity index (χ2v) is 2.12. The maximum Gasteiger partial charge on any atom is 0.379 e. The molecule has 0 aliphatic rings. The Morgan fingerprint density at radius 2 is 2.50 bits per heavy atom. The predicted octanol–water partition coefficient (Wildman–Crippen LogP) is 2.17. The fraction of sp³-hybridized carbons (Fsp3) is 0.111. The number of ether oxygens (including phenoxy) is 1. The molecule has 12 heavy (non-hydrogen) atoms. The Hall–Kier alpha value is -1.51. The summed E-state index contributed by atoms with van der Waals surface area (Å²) < 4.78 is 9.57. The first-order chi connectivity index (χ1) is 5.74. The molecule has 0 amide bonds. The molecule has 0 N–H and O–H groups in total. The SMILES string of the molecule is [CH2]C(=CC)OC(=O)c1ccco1. The van der Waals surface area contributed by atoms with Crippen LogP contribution in [0.5, 0.6) is 0 Å².